The zero-order valence-electron chi connectivity index (χ0n) is 8.99. The minimum Gasteiger partial charge on any atom is -0.481 e. The van der Waals surface area contributed by atoms with Crippen LogP contribution in [0.15, 0.2) is 0 Å². The predicted octanol–water partition coefficient (Wildman–Crippen LogP) is 0.127. The van der Waals surface area contributed by atoms with Crippen LogP contribution in [0.2, 0.25) is 0 Å². The number of aliphatic carboxylic acids is 1. The monoisotopic (exact) mass is 215 g/mol. The van der Waals surface area contributed by atoms with Crippen LogP contribution in [0.4, 0.5) is 0 Å². The third kappa shape index (κ3) is 3.20. The molecule has 0 aromatic heterocycles. The first-order chi connectivity index (χ1) is 6.81. The number of carboxylic acids is 1. The number of rotatable bonds is 4. The average Bonchev–Trinajstić information content (AvgIpc) is 1.99. The largest absolute Gasteiger partial charge is 0.481 e. The van der Waals surface area contributed by atoms with E-state index >= 15 is 0 Å². The summed E-state index contributed by atoms with van der Waals surface area (Å²) in [6.07, 6.45) is 0.788. The minimum absolute atomic E-state index is 0.0112. The van der Waals surface area contributed by atoms with Gasteiger partial charge in [0.1, 0.15) is 0 Å². The summed E-state index contributed by atoms with van der Waals surface area (Å²) < 4.78 is 0. The lowest BCUT2D eigenvalue weighted by atomic mass is 9.87. The van der Waals surface area contributed by atoms with Crippen molar-refractivity contribution in [2.45, 2.75) is 45.3 Å². The fourth-order valence-corrected chi connectivity index (χ4v) is 1.46. The van der Waals surface area contributed by atoms with Gasteiger partial charge in [0.2, 0.25) is 5.91 Å². The van der Waals surface area contributed by atoms with Crippen molar-refractivity contribution in [1.29, 1.82) is 0 Å². The zero-order chi connectivity index (χ0) is 11.6. The zero-order valence-corrected chi connectivity index (χ0v) is 8.99. The van der Waals surface area contributed by atoms with Crippen molar-refractivity contribution in [3.8, 4) is 0 Å². The van der Waals surface area contributed by atoms with E-state index < -0.39 is 11.4 Å². The van der Waals surface area contributed by atoms with Gasteiger partial charge in [-0.05, 0) is 26.7 Å². The van der Waals surface area contributed by atoms with Crippen molar-refractivity contribution in [3.63, 3.8) is 0 Å². The number of hydrogen-bond donors (Lipinski definition) is 3. The molecule has 1 aliphatic rings. The molecule has 0 spiro atoms. The molecule has 86 valence electrons. The van der Waals surface area contributed by atoms with Crippen molar-refractivity contribution in [2.24, 2.45) is 5.41 Å². The minimum atomic E-state index is -1.04. The molecule has 15 heavy (non-hydrogen) atoms. The quantitative estimate of drug-likeness (QED) is 0.622. The Morgan fingerprint density at radius 1 is 1.40 bits per heavy atom. The molecule has 0 heterocycles. The van der Waals surface area contributed by atoms with Gasteiger partial charge in [0.25, 0.3) is 0 Å². The number of carboxylic acid groups (broad SMARTS) is 1. The van der Waals surface area contributed by atoms with Crippen LogP contribution < -0.4 is 5.32 Å². The lowest BCUT2D eigenvalue weighted by Gasteiger charge is -2.32. The molecule has 0 unspecified atom stereocenters. The van der Waals surface area contributed by atoms with Crippen LogP contribution in [0.25, 0.3) is 0 Å². The highest BCUT2D eigenvalue weighted by molar-refractivity contribution is 5.84. The summed E-state index contributed by atoms with van der Waals surface area (Å²) in [6, 6.07) is 0.0112. The van der Waals surface area contributed by atoms with Gasteiger partial charge < -0.3 is 15.5 Å². The van der Waals surface area contributed by atoms with E-state index in [-0.39, 0.29) is 24.5 Å². The Bertz CT molecular complexity index is 269. The highest BCUT2D eigenvalue weighted by Gasteiger charge is 2.33. The Hall–Kier alpha value is -1.10. The molecule has 0 aromatic carbocycles. The molecule has 1 fully saturated rings. The topological polar surface area (TPSA) is 86.6 Å². The van der Waals surface area contributed by atoms with E-state index in [0.29, 0.717) is 12.8 Å². The van der Waals surface area contributed by atoms with Gasteiger partial charge in [-0.25, -0.2) is 0 Å². The van der Waals surface area contributed by atoms with Gasteiger partial charge in [-0.15, -0.1) is 0 Å². The van der Waals surface area contributed by atoms with E-state index in [1.54, 1.807) is 0 Å². The van der Waals surface area contributed by atoms with Gasteiger partial charge in [-0.1, -0.05) is 0 Å². The highest BCUT2D eigenvalue weighted by atomic mass is 16.4. The molecule has 1 saturated carbocycles. The second kappa shape index (κ2) is 4.18. The molecular weight excluding hydrogens is 198 g/mol. The lowest BCUT2D eigenvalue weighted by molar-refractivity contribution is -0.149. The third-order valence-electron chi connectivity index (χ3n) is 2.66. The molecule has 1 aliphatic carbocycles. The van der Waals surface area contributed by atoms with Crippen molar-refractivity contribution >= 4 is 11.9 Å². The molecule has 1 rings (SSSR count). The summed E-state index contributed by atoms with van der Waals surface area (Å²) >= 11 is 0. The summed E-state index contributed by atoms with van der Waals surface area (Å²) in [7, 11) is 0. The van der Waals surface area contributed by atoms with Gasteiger partial charge >= 0.3 is 5.97 Å². The van der Waals surface area contributed by atoms with Crippen LogP contribution in [0, 0.1) is 5.41 Å². The van der Waals surface area contributed by atoms with E-state index in [9.17, 15) is 9.59 Å². The van der Waals surface area contributed by atoms with Crippen molar-refractivity contribution in [1.82, 2.24) is 5.32 Å². The molecule has 0 bridgehead atoms. The van der Waals surface area contributed by atoms with E-state index in [1.165, 1.54) is 13.8 Å². The Balaban J connectivity index is 2.33. The summed E-state index contributed by atoms with van der Waals surface area (Å²) in [5.74, 6) is -1.24. The van der Waals surface area contributed by atoms with Crippen molar-refractivity contribution in [3.05, 3.63) is 0 Å². The van der Waals surface area contributed by atoms with Gasteiger partial charge in [0.15, 0.2) is 0 Å². The lowest BCUT2D eigenvalue weighted by Crippen LogP contribution is -2.48. The maximum absolute atomic E-state index is 11.4. The van der Waals surface area contributed by atoms with E-state index in [0.717, 1.165) is 0 Å². The molecule has 5 heteroatoms. The van der Waals surface area contributed by atoms with Crippen LogP contribution in [0.5, 0.6) is 0 Å². The number of nitrogens with one attached hydrogen (secondary N) is 1. The third-order valence-corrected chi connectivity index (χ3v) is 2.66. The molecule has 5 nitrogen and oxygen atoms in total. The van der Waals surface area contributed by atoms with Gasteiger partial charge in [-0.3, -0.25) is 9.59 Å². The van der Waals surface area contributed by atoms with Gasteiger partial charge in [-0.2, -0.15) is 0 Å². The predicted molar refractivity (Wildman–Crippen MR) is 53.2 cm³/mol. The Labute approximate surface area is 88.5 Å². The van der Waals surface area contributed by atoms with Crippen molar-refractivity contribution < 1.29 is 19.8 Å². The Kier molecular flexibility index (Phi) is 3.34. The second-order valence-corrected chi connectivity index (χ2v) is 4.76. The van der Waals surface area contributed by atoms with E-state index in [4.69, 9.17) is 10.2 Å². The van der Waals surface area contributed by atoms with E-state index in [2.05, 4.69) is 5.32 Å². The number of carbonyl (C=O) groups is 2. The summed E-state index contributed by atoms with van der Waals surface area (Å²) in [5.41, 5.74) is -1.04. The standard InChI is InChI=1S/C10H17NO4/c1-10(2,9(14)15)5-8(13)11-6-3-7(12)4-6/h6-7,12H,3-5H2,1-2H3,(H,11,13)(H,14,15). The first-order valence-corrected chi connectivity index (χ1v) is 5.02. The van der Waals surface area contributed by atoms with Crippen LogP contribution in [0.3, 0.4) is 0 Å². The van der Waals surface area contributed by atoms with Crippen LogP contribution >= 0.6 is 0 Å². The van der Waals surface area contributed by atoms with Gasteiger partial charge in [0, 0.05) is 12.5 Å². The maximum atomic E-state index is 11.4. The molecule has 1 amide bonds. The molecular formula is C10H17NO4. The molecule has 3 N–H and O–H groups in total. The van der Waals surface area contributed by atoms with Gasteiger partial charge in [0.05, 0.1) is 11.5 Å². The number of aliphatic hydroxyl groups is 1. The van der Waals surface area contributed by atoms with Crippen molar-refractivity contribution in [2.75, 3.05) is 0 Å². The SMILES string of the molecule is CC(C)(CC(=O)NC1CC(O)C1)C(=O)O. The smallest absolute Gasteiger partial charge is 0.309 e. The molecule has 0 saturated heterocycles. The molecule has 0 aromatic rings. The highest BCUT2D eigenvalue weighted by Crippen LogP contribution is 2.23. The first kappa shape index (κ1) is 12.0. The Morgan fingerprint density at radius 2 is 1.93 bits per heavy atom. The number of amides is 1. The summed E-state index contributed by atoms with van der Waals surface area (Å²) in [6.45, 7) is 3.04. The first-order valence-electron chi connectivity index (χ1n) is 5.02. The van der Waals surface area contributed by atoms with Crippen LogP contribution in [-0.4, -0.2) is 34.2 Å². The molecule has 0 atom stereocenters. The number of carbonyl (C=O) groups excluding carboxylic acids is 1. The second-order valence-electron chi connectivity index (χ2n) is 4.76. The Morgan fingerprint density at radius 3 is 2.33 bits per heavy atom. The molecule has 0 radical (unpaired) electrons. The summed E-state index contributed by atoms with van der Waals surface area (Å²) in [4.78, 5) is 22.2. The fourth-order valence-electron chi connectivity index (χ4n) is 1.46. The van der Waals surface area contributed by atoms with Crippen LogP contribution in [0.1, 0.15) is 33.1 Å². The number of aliphatic hydroxyl groups excluding tert-OH is 1. The fraction of sp³-hybridized carbons (Fsp3) is 0.800. The maximum Gasteiger partial charge on any atom is 0.309 e. The normalized spacial score (nSPS) is 25.5. The van der Waals surface area contributed by atoms with Crippen LogP contribution in [-0.2, 0) is 9.59 Å². The average molecular weight is 215 g/mol. The summed E-state index contributed by atoms with van der Waals surface area (Å²) in [5, 5.41) is 20.5. The molecule has 0 aliphatic heterocycles. The number of hydrogen-bond acceptors (Lipinski definition) is 3. The van der Waals surface area contributed by atoms with E-state index in [1.807, 2.05) is 0 Å².